The van der Waals surface area contributed by atoms with E-state index >= 15 is 0 Å². The third-order valence-electron chi connectivity index (χ3n) is 7.38. The fourth-order valence-corrected chi connectivity index (χ4v) is 6.36. The van der Waals surface area contributed by atoms with E-state index in [4.69, 9.17) is 13.6 Å². The Morgan fingerprint density at radius 3 is 2.00 bits per heavy atom. The third-order valence-corrected chi connectivity index (χ3v) is 17.2. The van der Waals surface area contributed by atoms with E-state index in [1.807, 2.05) is 0 Å². The number of aliphatic hydroxyl groups is 1. The molecule has 0 amide bonds. The van der Waals surface area contributed by atoms with Crippen LogP contribution < -0.4 is 5.32 Å². The van der Waals surface area contributed by atoms with Gasteiger partial charge >= 0.3 is 0 Å². The molecule has 0 aromatic rings. The summed E-state index contributed by atoms with van der Waals surface area (Å²) in [6.45, 7) is 23.1. The van der Waals surface area contributed by atoms with Gasteiger partial charge in [-0.2, -0.15) is 0 Å². The number of halogens is 1. The molecule has 0 saturated carbocycles. The van der Waals surface area contributed by atoms with Gasteiger partial charge in [-0.15, -0.1) is 0 Å². The molecule has 2 aliphatic rings. The van der Waals surface area contributed by atoms with Crippen molar-refractivity contribution in [2.24, 2.45) is 0 Å². The molecule has 28 heavy (non-hydrogen) atoms. The molecule has 2 heterocycles. The third kappa shape index (κ3) is 5.06. The lowest BCUT2D eigenvalue weighted by Gasteiger charge is -2.40. The summed E-state index contributed by atoms with van der Waals surface area (Å²) in [4.78, 5) is 0. The van der Waals surface area contributed by atoms with Gasteiger partial charge in [-0.3, -0.25) is 0 Å². The number of ether oxygens (including phenoxy) is 1. The van der Waals surface area contributed by atoms with E-state index in [1.165, 1.54) is 0 Å². The van der Waals surface area contributed by atoms with Crippen LogP contribution in [0, 0.1) is 0 Å². The molecule has 0 bridgehead atoms. The van der Waals surface area contributed by atoms with Gasteiger partial charge in [0.25, 0.3) is 0 Å². The lowest BCUT2D eigenvalue weighted by atomic mass is 10.1. The van der Waals surface area contributed by atoms with Crippen molar-refractivity contribution in [1.29, 1.82) is 0 Å². The Kier molecular flexibility index (Phi) is 7.64. The van der Waals surface area contributed by atoms with Gasteiger partial charge < -0.3 is 24.0 Å². The molecule has 8 heteroatoms. The van der Waals surface area contributed by atoms with Gasteiger partial charge in [0.1, 0.15) is 6.10 Å². The number of hydrogen-bond donors (Lipinski definition) is 2. The Balaban J connectivity index is 2.10. The summed E-state index contributed by atoms with van der Waals surface area (Å²) in [5, 5.41) is 14.9. The number of nitrogens with one attached hydrogen (secondary N) is 1. The van der Waals surface area contributed by atoms with Crippen molar-refractivity contribution >= 4 is 39.2 Å². The zero-order chi connectivity index (χ0) is 21.7. The second kappa shape index (κ2) is 8.48. The molecule has 2 rings (SSSR count). The van der Waals surface area contributed by atoms with Gasteiger partial charge in [0, 0.05) is 4.43 Å². The largest absolute Gasteiger partial charge is 0.415 e. The van der Waals surface area contributed by atoms with Crippen LogP contribution in [0.2, 0.25) is 36.3 Å². The number of hydrogen-bond acceptors (Lipinski definition) is 5. The Morgan fingerprint density at radius 1 is 1.00 bits per heavy atom. The van der Waals surface area contributed by atoms with Crippen LogP contribution in [0.3, 0.4) is 0 Å². The quantitative estimate of drug-likeness (QED) is 0.297. The number of rotatable bonds is 6. The first kappa shape index (κ1) is 25.2. The highest BCUT2D eigenvalue weighted by Crippen LogP contribution is 2.42. The predicted octanol–water partition coefficient (Wildman–Crippen LogP) is 4.30. The Bertz CT molecular complexity index is 547. The highest BCUT2D eigenvalue weighted by molar-refractivity contribution is 14.1. The number of alkyl halides is 1. The smallest absolute Gasteiger partial charge is 0.192 e. The molecular weight excluding hydrogens is 501 g/mol. The SMILES string of the molecule is CC(C)(C)[Si](C)(C)OC[C@H]1N[C@H]2[C@H](O[C@H](CI)[C@@H]2O[Si](C)(C)C(C)(C)C)[C@@H]1O. The average Bonchev–Trinajstić information content (AvgIpc) is 3.00. The summed E-state index contributed by atoms with van der Waals surface area (Å²) in [5.74, 6) is 0. The molecule has 6 atom stereocenters. The van der Waals surface area contributed by atoms with E-state index in [1.54, 1.807) is 0 Å². The topological polar surface area (TPSA) is 60.0 Å². The zero-order valence-corrected chi connectivity index (χ0v) is 23.6. The van der Waals surface area contributed by atoms with Gasteiger partial charge in [-0.05, 0) is 36.3 Å². The van der Waals surface area contributed by atoms with Crippen molar-refractivity contribution in [1.82, 2.24) is 5.32 Å². The van der Waals surface area contributed by atoms with Crippen molar-refractivity contribution in [2.75, 3.05) is 11.0 Å². The fourth-order valence-electron chi connectivity index (χ4n) is 3.29. The molecule has 2 saturated heterocycles. The van der Waals surface area contributed by atoms with Crippen molar-refractivity contribution in [3.63, 3.8) is 0 Å². The Labute approximate surface area is 188 Å². The highest BCUT2D eigenvalue weighted by atomic mass is 127. The molecule has 0 radical (unpaired) electrons. The van der Waals surface area contributed by atoms with Crippen molar-refractivity contribution < 1.29 is 18.7 Å². The number of fused-ring (bicyclic) bond motifs is 1. The van der Waals surface area contributed by atoms with E-state index in [-0.39, 0.29) is 40.5 Å². The van der Waals surface area contributed by atoms with Crippen molar-refractivity contribution in [2.45, 2.75) is 114 Å². The van der Waals surface area contributed by atoms with Crippen LogP contribution in [-0.4, -0.2) is 69.3 Å². The molecule has 166 valence electrons. The van der Waals surface area contributed by atoms with E-state index in [2.05, 4.69) is 95.6 Å². The average molecular weight is 544 g/mol. The van der Waals surface area contributed by atoms with E-state index in [0.717, 1.165) is 4.43 Å². The van der Waals surface area contributed by atoms with Crippen LogP contribution >= 0.6 is 22.6 Å². The maximum Gasteiger partial charge on any atom is 0.192 e. The minimum atomic E-state index is -1.93. The monoisotopic (exact) mass is 543 g/mol. The summed E-state index contributed by atoms with van der Waals surface area (Å²) in [5.41, 5.74) is 0. The van der Waals surface area contributed by atoms with Crippen molar-refractivity contribution in [3.8, 4) is 0 Å². The minimum absolute atomic E-state index is 0.0182. The maximum absolute atomic E-state index is 10.9. The molecule has 2 N–H and O–H groups in total. The van der Waals surface area contributed by atoms with Crippen LogP contribution in [0.25, 0.3) is 0 Å². The lowest BCUT2D eigenvalue weighted by molar-refractivity contribution is -0.0359. The van der Waals surface area contributed by atoms with Crippen LogP contribution in [0.1, 0.15) is 41.5 Å². The van der Waals surface area contributed by atoms with Crippen molar-refractivity contribution in [3.05, 3.63) is 0 Å². The summed E-state index contributed by atoms with van der Waals surface area (Å²) in [6, 6.07) is -0.0818. The predicted molar refractivity (Wildman–Crippen MR) is 129 cm³/mol. The van der Waals surface area contributed by atoms with Crippen LogP contribution in [0.5, 0.6) is 0 Å². The van der Waals surface area contributed by atoms with Gasteiger partial charge in [0.2, 0.25) is 0 Å². The molecule has 5 nitrogen and oxygen atoms in total. The van der Waals surface area contributed by atoms with Crippen LogP contribution in [0.15, 0.2) is 0 Å². The molecule has 0 aromatic carbocycles. The van der Waals surface area contributed by atoms with E-state index in [9.17, 15) is 5.11 Å². The first-order valence-electron chi connectivity index (χ1n) is 10.5. The number of aliphatic hydroxyl groups excluding tert-OH is 1. The molecule has 2 fully saturated rings. The van der Waals surface area contributed by atoms with Gasteiger partial charge in [0.15, 0.2) is 16.6 Å². The summed E-state index contributed by atoms with van der Waals surface area (Å²) < 4.78 is 20.3. The first-order chi connectivity index (χ1) is 12.5. The lowest BCUT2D eigenvalue weighted by Crippen LogP contribution is -2.53. The minimum Gasteiger partial charge on any atom is -0.415 e. The van der Waals surface area contributed by atoms with Crippen LogP contribution in [0.4, 0.5) is 0 Å². The summed E-state index contributed by atoms with van der Waals surface area (Å²) >= 11 is 2.37. The molecule has 0 unspecified atom stereocenters. The normalized spacial score (nSPS) is 34.7. The summed E-state index contributed by atoms with van der Waals surface area (Å²) in [6.07, 6.45) is -0.778. The van der Waals surface area contributed by atoms with E-state index in [0.29, 0.717) is 6.61 Å². The van der Waals surface area contributed by atoms with Gasteiger partial charge in [-0.1, -0.05) is 64.1 Å². The second-order valence-electron chi connectivity index (χ2n) is 11.5. The maximum atomic E-state index is 10.9. The van der Waals surface area contributed by atoms with Gasteiger partial charge in [0.05, 0.1) is 37.0 Å². The van der Waals surface area contributed by atoms with Gasteiger partial charge in [-0.25, -0.2) is 0 Å². The second-order valence-corrected chi connectivity index (χ2v) is 21.9. The molecule has 0 aromatic heterocycles. The van der Waals surface area contributed by atoms with E-state index < -0.39 is 22.7 Å². The first-order valence-corrected chi connectivity index (χ1v) is 17.8. The molecule has 0 aliphatic carbocycles. The van der Waals surface area contributed by atoms with Crippen LogP contribution in [-0.2, 0) is 13.6 Å². The Morgan fingerprint density at radius 2 is 1.54 bits per heavy atom. The fraction of sp³-hybridized carbons (Fsp3) is 1.00. The zero-order valence-electron chi connectivity index (χ0n) is 19.4. The Hall–Kier alpha value is 0.964. The summed E-state index contributed by atoms with van der Waals surface area (Å²) in [7, 11) is -3.79. The molecule has 0 spiro atoms. The molecule has 2 aliphatic heterocycles. The highest BCUT2D eigenvalue weighted by Gasteiger charge is 2.57. The molecular formula is C20H42INO4Si2. The standard InChI is InChI=1S/C20H42INO4Si2/c1-19(2,3)27(7,8)24-12-13-16(23)18-15(22-13)17(14(11-21)25-18)26-28(9,10)20(4,5)6/h13-18,22-23H,11-12H2,1-10H3/t13-,14-,15-,16-,17+,18+/m1/s1.